The van der Waals surface area contributed by atoms with E-state index in [4.69, 9.17) is 0 Å². The highest BCUT2D eigenvalue weighted by Crippen LogP contribution is 2.28. The summed E-state index contributed by atoms with van der Waals surface area (Å²) in [6.07, 6.45) is 0.646. The van der Waals surface area contributed by atoms with Crippen LogP contribution in [0.3, 0.4) is 0 Å². The Bertz CT molecular complexity index is 416. The van der Waals surface area contributed by atoms with E-state index < -0.39 is 0 Å². The van der Waals surface area contributed by atoms with Crippen molar-refractivity contribution in [3.05, 3.63) is 22.4 Å². The number of carbonyl (C=O) groups is 2. The summed E-state index contributed by atoms with van der Waals surface area (Å²) in [6, 6.07) is 3.60. The second kappa shape index (κ2) is 4.87. The molecule has 2 atom stereocenters. The third-order valence-corrected chi connectivity index (χ3v) is 4.14. The van der Waals surface area contributed by atoms with Gasteiger partial charge in [-0.2, -0.15) is 0 Å². The SMILES string of the molecule is CCC1C(=O)NCC(=O)N1C(C)c1cccs1. The van der Waals surface area contributed by atoms with Gasteiger partial charge in [0.05, 0.1) is 12.6 Å². The third kappa shape index (κ3) is 2.20. The van der Waals surface area contributed by atoms with Crippen molar-refractivity contribution in [2.45, 2.75) is 32.4 Å². The van der Waals surface area contributed by atoms with Crippen LogP contribution in [0.1, 0.15) is 31.2 Å². The average Bonchev–Trinajstić information content (AvgIpc) is 2.84. The maximum atomic E-state index is 12.0. The second-order valence-corrected chi connectivity index (χ2v) is 5.11. The first kappa shape index (κ1) is 12.1. The molecule has 1 aromatic heterocycles. The van der Waals surface area contributed by atoms with Crippen molar-refractivity contribution in [1.82, 2.24) is 10.2 Å². The van der Waals surface area contributed by atoms with Gasteiger partial charge >= 0.3 is 0 Å². The number of thiophene rings is 1. The molecule has 0 radical (unpaired) electrons. The van der Waals surface area contributed by atoms with Crippen molar-refractivity contribution in [2.24, 2.45) is 0 Å². The van der Waals surface area contributed by atoms with Crippen LogP contribution in [0.2, 0.25) is 0 Å². The summed E-state index contributed by atoms with van der Waals surface area (Å²) in [5.74, 6) is -0.0483. The smallest absolute Gasteiger partial charge is 0.243 e. The third-order valence-electron chi connectivity index (χ3n) is 3.10. The van der Waals surface area contributed by atoms with Gasteiger partial charge in [-0.05, 0) is 24.8 Å². The topological polar surface area (TPSA) is 49.4 Å². The maximum absolute atomic E-state index is 12.0. The number of nitrogens with one attached hydrogen (secondary N) is 1. The lowest BCUT2D eigenvalue weighted by molar-refractivity contribution is -0.148. The molecule has 2 amide bonds. The van der Waals surface area contributed by atoms with Gasteiger partial charge in [0, 0.05) is 4.88 Å². The molecule has 1 aliphatic heterocycles. The standard InChI is InChI=1S/C12H16N2O2S/c1-3-9-12(16)13-7-11(15)14(9)8(2)10-5-4-6-17-10/h4-6,8-9H,3,7H2,1-2H3,(H,13,16). The Morgan fingerprint density at radius 2 is 2.35 bits per heavy atom. The van der Waals surface area contributed by atoms with Crippen LogP contribution in [-0.2, 0) is 9.59 Å². The fraction of sp³-hybridized carbons (Fsp3) is 0.500. The zero-order chi connectivity index (χ0) is 12.4. The molecule has 2 heterocycles. The largest absolute Gasteiger partial charge is 0.345 e. The van der Waals surface area contributed by atoms with Crippen molar-refractivity contribution in [3.63, 3.8) is 0 Å². The first-order valence-electron chi connectivity index (χ1n) is 5.77. The zero-order valence-electron chi connectivity index (χ0n) is 9.97. The first-order chi connectivity index (χ1) is 8.15. The fourth-order valence-corrected chi connectivity index (χ4v) is 2.99. The molecule has 1 saturated heterocycles. The van der Waals surface area contributed by atoms with Crippen molar-refractivity contribution in [2.75, 3.05) is 6.54 Å². The molecule has 4 nitrogen and oxygen atoms in total. The number of carbonyl (C=O) groups excluding carboxylic acids is 2. The van der Waals surface area contributed by atoms with Gasteiger partial charge in [0.1, 0.15) is 6.04 Å². The lowest BCUT2D eigenvalue weighted by Gasteiger charge is -2.38. The summed E-state index contributed by atoms with van der Waals surface area (Å²) in [4.78, 5) is 26.5. The minimum Gasteiger partial charge on any atom is -0.345 e. The highest BCUT2D eigenvalue weighted by Gasteiger charge is 2.36. The van der Waals surface area contributed by atoms with Gasteiger partial charge < -0.3 is 10.2 Å². The number of hydrogen-bond acceptors (Lipinski definition) is 3. The number of amides is 2. The second-order valence-electron chi connectivity index (χ2n) is 4.13. The minimum atomic E-state index is -0.339. The Labute approximate surface area is 105 Å². The normalized spacial score (nSPS) is 22.5. The Balaban J connectivity index is 2.26. The minimum absolute atomic E-state index is 0.00245. The van der Waals surface area contributed by atoms with Crippen LogP contribution in [0, 0.1) is 0 Å². The molecule has 1 N–H and O–H groups in total. The number of hydrogen-bond donors (Lipinski definition) is 1. The van der Waals surface area contributed by atoms with Gasteiger partial charge in [-0.15, -0.1) is 11.3 Å². The quantitative estimate of drug-likeness (QED) is 0.887. The van der Waals surface area contributed by atoms with Crippen LogP contribution in [-0.4, -0.2) is 29.3 Å². The highest BCUT2D eigenvalue weighted by atomic mass is 32.1. The Hall–Kier alpha value is -1.36. The molecule has 17 heavy (non-hydrogen) atoms. The number of nitrogens with zero attached hydrogens (tertiary/aromatic N) is 1. The van der Waals surface area contributed by atoms with E-state index in [1.165, 1.54) is 0 Å². The molecule has 0 aromatic carbocycles. The Kier molecular flexibility index (Phi) is 3.47. The maximum Gasteiger partial charge on any atom is 0.243 e. The van der Waals surface area contributed by atoms with Gasteiger partial charge in [-0.1, -0.05) is 13.0 Å². The van der Waals surface area contributed by atoms with Gasteiger partial charge in [-0.3, -0.25) is 9.59 Å². The van der Waals surface area contributed by atoms with Crippen molar-refractivity contribution in [1.29, 1.82) is 0 Å². The Morgan fingerprint density at radius 3 is 2.94 bits per heavy atom. The van der Waals surface area contributed by atoms with Crippen molar-refractivity contribution < 1.29 is 9.59 Å². The summed E-state index contributed by atoms with van der Waals surface area (Å²) in [5, 5.41) is 4.62. The van der Waals surface area contributed by atoms with E-state index in [1.54, 1.807) is 16.2 Å². The fourth-order valence-electron chi connectivity index (χ4n) is 2.21. The van der Waals surface area contributed by atoms with E-state index >= 15 is 0 Å². The van der Waals surface area contributed by atoms with Crippen LogP contribution in [0.25, 0.3) is 0 Å². The molecule has 0 aliphatic carbocycles. The van der Waals surface area contributed by atoms with Crippen LogP contribution < -0.4 is 5.32 Å². The van der Waals surface area contributed by atoms with E-state index in [0.29, 0.717) is 6.42 Å². The summed E-state index contributed by atoms with van der Waals surface area (Å²) in [6.45, 7) is 4.02. The molecule has 1 fully saturated rings. The molecule has 0 saturated carbocycles. The predicted molar refractivity (Wildman–Crippen MR) is 66.7 cm³/mol. The summed E-state index contributed by atoms with van der Waals surface area (Å²) in [5.41, 5.74) is 0. The summed E-state index contributed by atoms with van der Waals surface area (Å²) >= 11 is 1.61. The van der Waals surface area contributed by atoms with E-state index in [9.17, 15) is 9.59 Å². The first-order valence-corrected chi connectivity index (χ1v) is 6.65. The van der Waals surface area contributed by atoms with Crippen LogP contribution >= 0.6 is 11.3 Å². The molecule has 0 bridgehead atoms. The molecule has 5 heteroatoms. The lowest BCUT2D eigenvalue weighted by Crippen LogP contribution is -2.58. The molecular formula is C12H16N2O2S. The van der Waals surface area contributed by atoms with Crippen molar-refractivity contribution >= 4 is 23.2 Å². The molecule has 92 valence electrons. The van der Waals surface area contributed by atoms with E-state index in [0.717, 1.165) is 4.88 Å². The molecule has 2 unspecified atom stereocenters. The number of rotatable bonds is 3. The Morgan fingerprint density at radius 1 is 1.59 bits per heavy atom. The summed E-state index contributed by atoms with van der Waals surface area (Å²) < 4.78 is 0. The number of piperazine rings is 1. The van der Waals surface area contributed by atoms with Gasteiger partial charge in [0.2, 0.25) is 11.8 Å². The van der Waals surface area contributed by atoms with Gasteiger partial charge in [-0.25, -0.2) is 0 Å². The monoisotopic (exact) mass is 252 g/mol. The van der Waals surface area contributed by atoms with Crippen LogP contribution in [0.4, 0.5) is 0 Å². The van der Waals surface area contributed by atoms with Crippen LogP contribution in [0.5, 0.6) is 0 Å². The highest BCUT2D eigenvalue weighted by molar-refractivity contribution is 7.10. The molecule has 0 spiro atoms. The zero-order valence-corrected chi connectivity index (χ0v) is 10.8. The van der Waals surface area contributed by atoms with Crippen molar-refractivity contribution in [3.8, 4) is 0 Å². The van der Waals surface area contributed by atoms with E-state index in [1.807, 2.05) is 31.4 Å². The van der Waals surface area contributed by atoms with E-state index in [2.05, 4.69) is 5.32 Å². The van der Waals surface area contributed by atoms with Gasteiger partial charge in [0.25, 0.3) is 0 Å². The van der Waals surface area contributed by atoms with Gasteiger partial charge in [0.15, 0.2) is 0 Å². The molecule has 1 aromatic rings. The molecular weight excluding hydrogens is 236 g/mol. The summed E-state index contributed by atoms with van der Waals surface area (Å²) in [7, 11) is 0. The lowest BCUT2D eigenvalue weighted by atomic mass is 10.1. The average molecular weight is 252 g/mol. The molecule has 1 aliphatic rings. The van der Waals surface area contributed by atoms with Crippen LogP contribution in [0.15, 0.2) is 17.5 Å². The molecule has 2 rings (SSSR count). The predicted octanol–water partition coefficient (Wildman–Crippen LogP) is 1.55. The van der Waals surface area contributed by atoms with E-state index in [-0.39, 0.29) is 30.4 Å².